The van der Waals surface area contributed by atoms with Crippen molar-refractivity contribution in [3.63, 3.8) is 0 Å². The molecule has 0 radical (unpaired) electrons. The van der Waals surface area contributed by atoms with Crippen LogP contribution in [0.2, 0.25) is 18.1 Å². The lowest BCUT2D eigenvalue weighted by molar-refractivity contribution is -0.169. The molecule has 5 aromatic rings. The van der Waals surface area contributed by atoms with Gasteiger partial charge in [0.2, 0.25) is 11.2 Å². The number of amides is 1. The van der Waals surface area contributed by atoms with Crippen LogP contribution in [0.4, 0.5) is 0 Å². The molecule has 0 bridgehead atoms. The standard InChI is InChI=1S/C47H62N4O8S2Si/c1-31(49-29-39(59-62(6,7)46(2,3)4)36-20-22-38(52)44-37(36)21-23-42(53)50-44)28-32-12-16-34(17-13-32)57-30-43(54)48-24-25-51(5)33-14-18-35(19-15-33)58-45(55)47(56,40-10-8-26-60-40)41-11-9-27-61-41/h8-13,16-17,20-23,26-27,31,33,35,39,49,52,56H,14-15,18-19,24-25,28-30H2,1-7H3,(H,48,54)(H,50,53)/t31?,33?,35?,39-/m1/s1. The van der Waals surface area contributed by atoms with Crippen LogP contribution in [-0.4, -0.2) is 91.8 Å². The maximum absolute atomic E-state index is 13.4. The molecule has 15 heteroatoms. The van der Waals surface area contributed by atoms with Crippen molar-refractivity contribution < 1.29 is 33.7 Å². The summed E-state index contributed by atoms with van der Waals surface area (Å²) in [5.41, 5.74) is 0.355. The van der Waals surface area contributed by atoms with Crippen LogP contribution in [0.3, 0.4) is 0 Å². The first-order valence-electron chi connectivity index (χ1n) is 21.4. The van der Waals surface area contributed by atoms with E-state index in [0.717, 1.165) is 35.8 Å². The number of carbonyl (C=O) groups excluding carboxylic acids is 2. The van der Waals surface area contributed by atoms with Gasteiger partial charge in [-0.15, -0.1) is 22.7 Å². The second-order valence-corrected chi connectivity index (χ2v) is 24.6. The predicted octanol–water partition coefficient (Wildman–Crippen LogP) is 7.86. The van der Waals surface area contributed by atoms with E-state index in [4.69, 9.17) is 13.9 Å². The van der Waals surface area contributed by atoms with Gasteiger partial charge in [-0.3, -0.25) is 9.59 Å². The number of hydrogen-bond donors (Lipinski definition) is 5. The number of phenolic OH excluding ortho intramolecular Hbond substituents is 1. The summed E-state index contributed by atoms with van der Waals surface area (Å²) in [6, 6.07) is 22.1. The highest BCUT2D eigenvalue weighted by Gasteiger charge is 2.45. The Morgan fingerprint density at radius 1 is 0.952 bits per heavy atom. The van der Waals surface area contributed by atoms with E-state index < -0.39 is 19.9 Å². The zero-order chi connectivity index (χ0) is 44.7. The van der Waals surface area contributed by atoms with Gasteiger partial charge in [-0.25, -0.2) is 4.79 Å². The number of carbonyl (C=O) groups is 2. The van der Waals surface area contributed by atoms with Crippen molar-refractivity contribution in [1.82, 2.24) is 20.5 Å². The molecule has 3 heterocycles. The molecule has 1 saturated carbocycles. The Morgan fingerprint density at radius 3 is 2.23 bits per heavy atom. The molecule has 1 unspecified atom stereocenters. The van der Waals surface area contributed by atoms with Gasteiger partial charge < -0.3 is 44.6 Å². The molecule has 0 saturated heterocycles. The zero-order valence-corrected chi connectivity index (χ0v) is 39.5. The summed E-state index contributed by atoms with van der Waals surface area (Å²) < 4.78 is 18.7. The molecule has 2 aromatic carbocycles. The number of hydrogen-bond acceptors (Lipinski definition) is 12. The average Bonchev–Trinajstić information content (AvgIpc) is 3.99. The van der Waals surface area contributed by atoms with Crippen molar-refractivity contribution in [2.45, 2.75) is 108 Å². The van der Waals surface area contributed by atoms with E-state index in [-0.39, 0.29) is 47.1 Å². The minimum Gasteiger partial charge on any atom is -0.506 e. The number of benzene rings is 2. The maximum atomic E-state index is 13.4. The number of fused-ring (bicyclic) bond motifs is 1. The lowest BCUT2D eigenvalue weighted by Crippen LogP contribution is -2.44. The van der Waals surface area contributed by atoms with E-state index in [1.165, 1.54) is 28.7 Å². The van der Waals surface area contributed by atoms with Crippen molar-refractivity contribution in [1.29, 1.82) is 0 Å². The number of ether oxygens (including phenoxy) is 2. The normalized spacial score (nSPS) is 17.2. The highest BCUT2D eigenvalue weighted by Crippen LogP contribution is 2.42. The molecule has 0 aliphatic heterocycles. The van der Waals surface area contributed by atoms with Gasteiger partial charge in [-0.05, 0) is 122 Å². The number of thiophene rings is 2. The molecular weight excluding hydrogens is 841 g/mol. The molecule has 0 spiro atoms. The molecule has 1 amide bonds. The topological polar surface area (TPSA) is 162 Å². The number of H-pyrrole nitrogens is 1. The molecular formula is C47H62N4O8S2Si. The Bertz CT molecular complexity index is 2250. The molecule has 62 heavy (non-hydrogen) atoms. The summed E-state index contributed by atoms with van der Waals surface area (Å²) >= 11 is 2.67. The molecule has 1 aliphatic rings. The van der Waals surface area contributed by atoms with Crippen LogP contribution in [0.1, 0.15) is 80.4 Å². The van der Waals surface area contributed by atoms with Gasteiger partial charge in [0.05, 0.1) is 21.4 Å². The van der Waals surface area contributed by atoms with E-state index in [0.29, 0.717) is 59.5 Å². The van der Waals surface area contributed by atoms with Crippen molar-refractivity contribution in [3.05, 3.63) is 115 Å². The lowest BCUT2D eigenvalue weighted by atomic mass is 9.91. The Morgan fingerprint density at radius 2 is 1.61 bits per heavy atom. The average molecular weight is 903 g/mol. The summed E-state index contributed by atoms with van der Waals surface area (Å²) in [5, 5.41) is 33.2. The SMILES string of the molecule is CC(Cc1ccc(OCC(=O)NCCN(C)C2CCC(OC(=O)C(O)(c3cccs3)c3cccs3)CC2)cc1)NC[C@@H](O[Si](C)(C)C(C)(C)C)c1ccc(O)c2[nH]c(=O)ccc12. The third kappa shape index (κ3) is 11.6. The Kier molecular flexibility index (Phi) is 15.5. The molecule has 3 aromatic heterocycles. The molecule has 12 nitrogen and oxygen atoms in total. The van der Waals surface area contributed by atoms with Gasteiger partial charge in [0, 0.05) is 43.2 Å². The fourth-order valence-corrected chi connectivity index (χ4v) is 10.6. The smallest absolute Gasteiger partial charge is 0.349 e. The number of aromatic amines is 1. The molecule has 2 atom stereocenters. The highest BCUT2D eigenvalue weighted by molar-refractivity contribution is 7.12. The summed E-state index contributed by atoms with van der Waals surface area (Å²) in [4.78, 5) is 44.3. The van der Waals surface area contributed by atoms with Crippen LogP contribution in [0.25, 0.3) is 10.9 Å². The summed E-state index contributed by atoms with van der Waals surface area (Å²) in [7, 11) is -0.164. The lowest BCUT2D eigenvalue weighted by Gasteiger charge is -2.40. The molecule has 1 fully saturated rings. The number of aromatic hydroxyl groups is 1. The maximum Gasteiger partial charge on any atom is 0.349 e. The second kappa shape index (κ2) is 20.4. The number of pyridine rings is 1. The third-order valence-corrected chi connectivity index (χ3v) is 18.8. The minimum atomic E-state index is -2.21. The van der Waals surface area contributed by atoms with Gasteiger partial charge in [-0.1, -0.05) is 51.1 Å². The largest absolute Gasteiger partial charge is 0.506 e. The van der Waals surface area contributed by atoms with E-state index in [9.17, 15) is 24.6 Å². The van der Waals surface area contributed by atoms with Gasteiger partial charge in [-0.2, -0.15) is 0 Å². The predicted molar refractivity (Wildman–Crippen MR) is 250 cm³/mol. The number of aliphatic hydroxyl groups is 1. The van der Waals surface area contributed by atoms with Crippen LogP contribution in [0.5, 0.6) is 11.5 Å². The van der Waals surface area contributed by atoms with Gasteiger partial charge in [0.25, 0.3) is 5.91 Å². The van der Waals surface area contributed by atoms with Crippen molar-refractivity contribution >= 4 is 53.8 Å². The fraction of sp³-hybridized carbons (Fsp3) is 0.468. The van der Waals surface area contributed by atoms with E-state index in [1.54, 1.807) is 24.3 Å². The van der Waals surface area contributed by atoms with Crippen LogP contribution < -0.4 is 20.9 Å². The summed E-state index contributed by atoms with van der Waals surface area (Å²) in [6.07, 6.45) is 3.29. The van der Waals surface area contributed by atoms with Crippen LogP contribution in [0.15, 0.2) is 88.4 Å². The number of rotatable bonds is 19. The highest BCUT2D eigenvalue weighted by atomic mass is 32.1. The fourth-order valence-electron chi connectivity index (χ4n) is 7.63. The first-order valence-corrected chi connectivity index (χ1v) is 26.1. The number of phenols is 1. The van der Waals surface area contributed by atoms with Gasteiger partial charge >= 0.3 is 5.97 Å². The van der Waals surface area contributed by atoms with E-state index in [1.807, 2.05) is 60.3 Å². The molecule has 334 valence electrons. The first-order chi connectivity index (χ1) is 29.4. The first kappa shape index (κ1) is 47.1. The second-order valence-electron chi connectivity index (χ2n) is 17.9. The molecule has 5 N–H and O–H groups in total. The van der Waals surface area contributed by atoms with Crippen molar-refractivity contribution in [2.24, 2.45) is 0 Å². The minimum absolute atomic E-state index is 0.0198. The Hall–Kier alpha value is -4.35. The Balaban J connectivity index is 0.916. The van der Waals surface area contributed by atoms with Crippen LogP contribution >= 0.6 is 22.7 Å². The number of likely N-dealkylation sites (N-methyl/N-ethyl adjacent to an activating group) is 1. The summed E-state index contributed by atoms with van der Waals surface area (Å²) in [5.74, 6) is -0.180. The van der Waals surface area contributed by atoms with Gasteiger partial charge in [0.1, 0.15) is 17.6 Å². The number of esters is 1. The van der Waals surface area contributed by atoms with Crippen molar-refractivity contribution in [3.8, 4) is 11.5 Å². The summed E-state index contributed by atoms with van der Waals surface area (Å²) in [6.45, 7) is 14.8. The zero-order valence-electron chi connectivity index (χ0n) is 36.9. The quantitative estimate of drug-likeness (QED) is 0.0408. The van der Waals surface area contributed by atoms with Gasteiger partial charge in [0.15, 0.2) is 14.9 Å². The van der Waals surface area contributed by atoms with E-state index in [2.05, 4.69) is 61.3 Å². The van der Waals surface area contributed by atoms with E-state index >= 15 is 0 Å². The monoisotopic (exact) mass is 902 g/mol. The van der Waals surface area contributed by atoms with Crippen LogP contribution in [0, 0.1) is 0 Å². The molecule has 1 aliphatic carbocycles. The number of nitrogens with zero attached hydrogens (tertiary/aromatic N) is 1. The van der Waals surface area contributed by atoms with Crippen molar-refractivity contribution in [2.75, 3.05) is 33.3 Å². The third-order valence-electron chi connectivity index (χ3n) is 12.4. The molecule has 6 rings (SSSR count). The Labute approximate surface area is 373 Å². The number of nitrogens with one attached hydrogen (secondary N) is 3. The number of aromatic nitrogens is 1. The van der Waals surface area contributed by atoms with Crippen LogP contribution in [-0.2, 0) is 30.8 Å².